The van der Waals surface area contributed by atoms with Crippen molar-refractivity contribution in [2.75, 3.05) is 0 Å². The van der Waals surface area contributed by atoms with Crippen LogP contribution >= 0.6 is 0 Å². The molecule has 0 aromatic rings. The lowest BCUT2D eigenvalue weighted by molar-refractivity contribution is -0.119. The maximum atomic E-state index is 11.6. The number of unbranched alkanes of at least 4 members (excludes halogenated alkanes) is 1. The van der Waals surface area contributed by atoms with E-state index in [-0.39, 0.29) is 5.92 Å². The summed E-state index contributed by atoms with van der Waals surface area (Å²) < 4.78 is 0. The van der Waals surface area contributed by atoms with Crippen LogP contribution in [0.25, 0.3) is 0 Å². The third-order valence-electron chi connectivity index (χ3n) is 8.44. The van der Waals surface area contributed by atoms with Gasteiger partial charge in [-0.2, -0.15) is 0 Å². The Hall–Kier alpha value is -0.660. The van der Waals surface area contributed by atoms with Gasteiger partial charge in [0.1, 0.15) is 12.1 Å². The molecule has 3 aliphatic carbocycles. The zero-order chi connectivity index (χ0) is 18.0. The van der Waals surface area contributed by atoms with Crippen molar-refractivity contribution in [3.8, 4) is 0 Å². The van der Waals surface area contributed by atoms with Gasteiger partial charge in [0.15, 0.2) is 0 Å². The summed E-state index contributed by atoms with van der Waals surface area (Å²) in [6, 6.07) is 0. The van der Waals surface area contributed by atoms with E-state index in [0.29, 0.717) is 23.5 Å². The average molecular weight is 347 g/mol. The quantitative estimate of drug-likeness (QED) is 0.543. The van der Waals surface area contributed by atoms with Crippen LogP contribution in [0.2, 0.25) is 0 Å². The molecule has 0 saturated heterocycles. The van der Waals surface area contributed by atoms with Crippen LogP contribution in [0.1, 0.15) is 91.4 Å². The molecule has 25 heavy (non-hydrogen) atoms. The molecule has 3 rings (SSSR count). The number of hydrogen-bond donors (Lipinski definition) is 0. The minimum absolute atomic E-state index is 0.246. The Balaban J connectivity index is 1.76. The van der Waals surface area contributed by atoms with Crippen LogP contribution in [0.15, 0.2) is 0 Å². The first-order valence-electron chi connectivity index (χ1n) is 10.9. The van der Waals surface area contributed by atoms with Gasteiger partial charge in [0.05, 0.1) is 0 Å². The number of ketones is 1. The van der Waals surface area contributed by atoms with Gasteiger partial charge in [-0.05, 0) is 93.3 Å². The molecule has 7 unspecified atom stereocenters. The molecule has 0 amide bonds. The van der Waals surface area contributed by atoms with Crippen LogP contribution in [-0.4, -0.2) is 12.1 Å². The highest BCUT2D eigenvalue weighted by Gasteiger charge is 2.55. The van der Waals surface area contributed by atoms with Crippen LogP contribution in [-0.2, 0) is 9.59 Å². The van der Waals surface area contributed by atoms with Crippen molar-refractivity contribution in [2.24, 2.45) is 40.9 Å². The monoisotopic (exact) mass is 346 g/mol. The summed E-state index contributed by atoms with van der Waals surface area (Å²) >= 11 is 0. The van der Waals surface area contributed by atoms with Gasteiger partial charge < -0.3 is 9.59 Å². The highest BCUT2D eigenvalue weighted by Crippen LogP contribution is 2.63. The third-order valence-corrected chi connectivity index (χ3v) is 8.44. The van der Waals surface area contributed by atoms with E-state index in [2.05, 4.69) is 13.8 Å². The summed E-state index contributed by atoms with van der Waals surface area (Å²) in [5, 5.41) is 0. The topological polar surface area (TPSA) is 34.1 Å². The lowest BCUT2D eigenvalue weighted by atomic mass is 9.51. The smallest absolute Gasteiger partial charge is 0.129 e. The summed E-state index contributed by atoms with van der Waals surface area (Å²) in [6.45, 7) is 6.60. The molecule has 0 N–H and O–H groups in total. The zero-order valence-electron chi connectivity index (χ0n) is 16.6. The second-order valence-corrected chi connectivity index (χ2v) is 9.76. The van der Waals surface area contributed by atoms with E-state index in [1.165, 1.54) is 51.2 Å². The minimum Gasteiger partial charge on any atom is -0.303 e. The molecule has 142 valence electrons. The Kier molecular flexibility index (Phi) is 6.06. The van der Waals surface area contributed by atoms with Crippen molar-refractivity contribution >= 4 is 12.1 Å². The van der Waals surface area contributed by atoms with Gasteiger partial charge in [-0.15, -0.1) is 0 Å². The van der Waals surface area contributed by atoms with Crippen LogP contribution in [0.3, 0.4) is 0 Å². The molecule has 0 spiro atoms. The van der Waals surface area contributed by atoms with Crippen LogP contribution in [0, 0.1) is 40.9 Å². The maximum Gasteiger partial charge on any atom is 0.129 e. The van der Waals surface area contributed by atoms with E-state index in [1.807, 2.05) is 0 Å². The van der Waals surface area contributed by atoms with E-state index in [9.17, 15) is 9.59 Å². The second kappa shape index (κ2) is 7.92. The standard InChI is InChI=1S/C23H38O2/c1-4-5-6-19-9-10-22-21-14-17(15-24)13-18(8-7-16(2)25)20(21)11-12-23(19,22)3/h15,17-22H,4-14H2,1-3H3. The normalized spacial score (nSPS) is 43.3. The molecular formula is C23H38O2. The van der Waals surface area contributed by atoms with Gasteiger partial charge in [0.2, 0.25) is 0 Å². The van der Waals surface area contributed by atoms with E-state index < -0.39 is 0 Å². The first kappa shape index (κ1) is 19.1. The minimum atomic E-state index is 0.246. The SMILES string of the molecule is CCCCC1CCC2C3CC(C=O)CC(CCC(C)=O)C3CCC12C. The molecule has 2 nitrogen and oxygen atoms in total. The Bertz CT molecular complexity index is 484. The van der Waals surface area contributed by atoms with Crippen LogP contribution < -0.4 is 0 Å². The first-order chi connectivity index (χ1) is 12.0. The number of rotatable bonds is 7. The molecule has 7 atom stereocenters. The highest BCUT2D eigenvalue weighted by molar-refractivity contribution is 5.75. The van der Waals surface area contributed by atoms with E-state index in [1.54, 1.807) is 6.92 Å². The lowest BCUT2D eigenvalue weighted by Gasteiger charge is -2.54. The molecule has 0 aromatic heterocycles. The molecular weight excluding hydrogens is 308 g/mol. The summed E-state index contributed by atoms with van der Waals surface area (Å²) in [6.07, 6.45) is 14.7. The maximum absolute atomic E-state index is 11.6. The van der Waals surface area contributed by atoms with Crippen molar-refractivity contribution < 1.29 is 9.59 Å². The number of carbonyl (C=O) groups excluding carboxylic acids is 2. The number of carbonyl (C=O) groups is 2. The predicted octanol–water partition coefficient (Wildman–Crippen LogP) is 5.83. The summed E-state index contributed by atoms with van der Waals surface area (Å²) in [5.74, 6) is 4.42. The summed E-state index contributed by atoms with van der Waals surface area (Å²) in [5.41, 5.74) is 0.520. The molecule has 3 fully saturated rings. The number of aldehydes is 1. The average Bonchev–Trinajstić information content (AvgIpc) is 2.94. The Labute approximate surface area is 154 Å². The van der Waals surface area contributed by atoms with Crippen molar-refractivity contribution in [2.45, 2.75) is 91.4 Å². The fourth-order valence-corrected chi connectivity index (χ4v) is 7.12. The third kappa shape index (κ3) is 3.74. The number of hydrogen-bond acceptors (Lipinski definition) is 2. The number of fused-ring (bicyclic) bond motifs is 3. The van der Waals surface area contributed by atoms with E-state index in [0.717, 1.165) is 42.9 Å². The van der Waals surface area contributed by atoms with E-state index >= 15 is 0 Å². The zero-order valence-corrected chi connectivity index (χ0v) is 16.6. The van der Waals surface area contributed by atoms with Gasteiger partial charge in [-0.25, -0.2) is 0 Å². The lowest BCUT2D eigenvalue weighted by Crippen LogP contribution is -2.47. The molecule has 2 heteroatoms. The molecule has 0 aromatic carbocycles. The van der Waals surface area contributed by atoms with Crippen LogP contribution in [0.5, 0.6) is 0 Å². The molecule has 3 aliphatic rings. The molecule has 0 aliphatic heterocycles. The largest absolute Gasteiger partial charge is 0.303 e. The molecule has 0 bridgehead atoms. The van der Waals surface area contributed by atoms with Crippen molar-refractivity contribution in [3.63, 3.8) is 0 Å². The summed E-state index contributed by atoms with van der Waals surface area (Å²) in [4.78, 5) is 23.1. The van der Waals surface area contributed by atoms with E-state index in [4.69, 9.17) is 0 Å². The predicted molar refractivity (Wildman–Crippen MR) is 102 cm³/mol. The second-order valence-electron chi connectivity index (χ2n) is 9.76. The van der Waals surface area contributed by atoms with Gasteiger partial charge >= 0.3 is 0 Å². The molecule has 0 heterocycles. The Morgan fingerprint density at radius 2 is 1.92 bits per heavy atom. The van der Waals surface area contributed by atoms with Gasteiger partial charge in [0.25, 0.3) is 0 Å². The first-order valence-corrected chi connectivity index (χ1v) is 10.9. The van der Waals surface area contributed by atoms with Crippen LogP contribution in [0.4, 0.5) is 0 Å². The fraction of sp³-hybridized carbons (Fsp3) is 0.913. The van der Waals surface area contributed by atoms with Crippen molar-refractivity contribution in [1.82, 2.24) is 0 Å². The van der Waals surface area contributed by atoms with Gasteiger partial charge in [-0.1, -0.05) is 26.7 Å². The van der Waals surface area contributed by atoms with Crippen molar-refractivity contribution in [3.05, 3.63) is 0 Å². The fourth-order valence-electron chi connectivity index (χ4n) is 7.12. The Morgan fingerprint density at radius 3 is 2.60 bits per heavy atom. The van der Waals surface area contributed by atoms with Crippen molar-refractivity contribution in [1.29, 1.82) is 0 Å². The van der Waals surface area contributed by atoms with Gasteiger partial charge in [0, 0.05) is 12.3 Å². The highest BCUT2D eigenvalue weighted by atomic mass is 16.1. The molecule has 3 saturated carbocycles. The molecule has 0 radical (unpaired) electrons. The van der Waals surface area contributed by atoms with Gasteiger partial charge in [-0.3, -0.25) is 0 Å². The number of Topliss-reactive ketones (excluding diaryl/α,β-unsaturated/α-hetero) is 1. The summed E-state index contributed by atoms with van der Waals surface area (Å²) in [7, 11) is 0. The Morgan fingerprint density at radius 1 is 1.12 bits per heavy atom.